The van der Waals surface area contributed by atoms with E-state index in [1.807, 2.05) is 18.2 Å². The molecule has 11 heteroatoms. The van der Waals surface area contributed by atoms with Crippen molar-refractivity contribution < 1.29 is 27.5 Å². The maximum atomic E-state index is 15.1. The molecule has 48 heavy (non-hydrogen) atoms. The monoisotopic (exact) mass is 674 g/mol. The lowest BCUT2D eigenvalue weighted by Crippen LogP contribution is -2.66. The molecule has 2 aliphatic carbocycles. The van der Waals surface area contributed by atoms with Crippen LogP contribution in [0.3, 0.4) is 0 Å². The largest absolute Gasteiger partial charge is 0.497 e. The van der Waals surface area contributed by atoms with Crippen LogP contribution in [0.1, 0.15) is 85.7 Å². The van der Waals surface area contributed by atoms with Crippen molar-refractivity contribution in [1.29, 1.82) is 0 Å². The molecule has 1 aromatic heterocycles. The lowest BCUT2D eigenvalue weighted by molar-refractivity contribution is -0.160. The summed E-state index contributed by atoms with van der Waals surface area (Å²) in [5.41, 5.74) is 5.21. The predicted octanol–water partition coefficient (Wildman–Crippen LogP) is 4.86. The Balaban J connectivity index is 1.32. The first-order valence-electron chi connectivity index (χ1n) is 17.5. The number of rotatable bonds is 6. The number of hydrogen-bond donors (Lipinski definition) is 1. The molecular formula is C37H46N4O6S. The number of fused-ring (bicyclic) bond motifs is 9. The Kier molecular flexibility index (Phi) is 7.69. The highest BCUT2D eigenvalue weighted by molar-refractivity contribution is 7.90. The zero-order valence-electron chi connectivity index (χ0n) is 28.3. The summed E-state index contributed by atoms with van der Waals surface area (Å²) in [5.74, 6) is 0.718. The van der Waals surface area contributed by atoms with Gasteiger partial charge < -0.3 is 23.8 Å². The lowest BCUT2D eigenvalue weighted by atomic mass is 9.81. The van der Waals surface area contributed by atoms with Crippen molar-refractivity contribution in [3.63, 3.8) is 0 Å². The molecule has 0 radical (unpaired) electrons. The van der Waals surface area contributed by atoms with E-state index in [0.717, 1.165) is 65.8 Å². The van der Waals surface area contributed by atoms with Gasteiger partial charge in [0.25, 0.3) is 5.91 Å². The van der Waals surface area contributed by atoms with Crippen molar-refractivity contribution in [3.05, 3.63) is 53.1 Å². The van der Waals surface area contributed by atoms with E-state index in [0.29, 0.717) is 31.2 Å². The molecule has 0 spiro atoms. The van der Waals surface area contributed by atoms with Gasteiger partial charge in [0.05, 0.1) is 48.8 Å². The van der Waals surface area contributed by atoms with E-state index in [4.69, 9.17) is 9.47 Å². The average molecular weight is 675 g/mol. The van der Waals surface area contributed by atoms with Crippen LogP contribution in [0, 0.1) is 5.41 Å². The SMILES string of the molecule is COc1ccc2c(c1)C1CC1(C(=O)N1C3COC[C@@H]1CN(C)C3)Cn1c-2c(C2CCCCC2)c2ccc(C(=O)NS(=O)(=O)C(C)C)cc21. The highest BCUT2D eigenvalue weighted by Crippen LogP contribution is 2.66. The van der Waals surface area contributed by atoms with Gasteiger partial charge in [-0.1, -0.05) is 25.3 Å². The Bertz CT molecular complexity index is 1900. The second kappa shape index (κ2) is 11.6. The van der Waals surface area contributed by atoms with Crippen LogP contribution in [0.2, 0.25) is 0 Å². The fourth-order valence-corrected chi connectivity index (χ4v) is 9.80. The van der Waals surface area contributed by atoms with Crippen LogP contribution in [0.4, 0.5) is 0 Å². The number of aromatic nitrogens is 1. The van der Waals surface area contributed by atoms with E-state index in [9.17, 15) is 13.2 Å². The molecule has 2 aromatic carbocycles. The van der Waals surface area contributed by atoms with Gasteiger partial charge in [0.2, 0.25) is 15.9 Å². The molecule has 256 valence electrons. The number of amides is 2. The number of piperazine rings is 1. The second-order valence-corrected chi connectivity index (χ2v) is 17.3. The number of carbonyl (C=O) groups is 2. The number of nitrogens with one attached hydrogen (secondary N) is 1. The summed E-state index contributed by atoms with van der Waals surface area (Å²) in [6.45, 7) is 6.26. The van der Waals surface area contributed by atoms with Gasteiger partial charge in [0.15, 0.2) is 0 Å². The topological polar surface area (TPSA) is 110 Å². The number of ether oxygens (including phenoxy) is 2. The second-order valence-electron chi connectivity index (χ2n) is 15.1. The van der Waals surface area contributed by atoms with Gasteiger partial charge in [-0.3, -0.25) is 9.59 Å². The van der Waals surface area contributed by atoms with Gasteiger partial charge in [-0.2, -0.15) is 0 Å². The first-order chi connectivity index (χ1) is 23.0. The normalized spacial score (nSPS) is 27.2. The Morgan fingerprint density at radius 1 is 1.02 bits per heavy atom. The number of methoxy groups -OCH3 is 1. The number of likely N-dealkylation sites (N-methyl/N-ethyl adjacent to an activating group) is 1. The Labute approximate surface area is 282 Å². The minimum atomic E-state index is -3.81. The third-order valence-electron chi connectivity index (χ3n) is 11.8. The number of sulfonamides is 1. The molecule has 4 fully saturated rings. The minimum absolute atomic E-state index is 0.00976. The molecule has 4 heterocycles. The van der Waals surface area contributed by atoms with Crippen molar-refractivity contribution in [3.8, 4) is 17.0 Å². The molecule has 3 aromatic rings. The highest BCUT2D eigenvalue weighted by Gasteiger charge is 2.65. The van der Waals surface area contributed by atoms with Crippen molar-refractivity contribution in [1.82, 2.24) is 19.1 Å². The van der Waals surface area contributed by atoms with Crippen LogP contribution in [0.5, 0.6) is 5.75 Å². The molecule has 2 amide bonds. The lowest BCUT2D eigenvalue weighted by Gasteiger charge is -2.50. The Hall–Kier alpha value is -3.41. The summed E-state index contributed by atoms with van der Waals surface area (Å²) in [6, 6.07) is 11.9. The summed E-state index contributed by atoms with van der Waals surface area (Å²) in [6.07, 6.45) is 6.47. The molecule has 2 saturated heterocycles. The van der Waals surface area contributed by atoms with E-state index in [2.05, 4.69) is 38.3 Å². The van der Waals surface area contributed by atoms with Gasteiger partial charge in [0.1, 0.15) is 5.75 Å². The predicted molar refractivity (Wildman–Crippen MR) is 184 cm³/mol. The third kappa shape index (κ3) is 4.98. The van der Waals surface area contributed by atoms with Crippen LogP contribution >= 0.6 is 0 Å². The summed E-state index contributed by atoms with van der Waals surface area (Å²) in [5, 5.41) is 0.340. The Morgan fingerprint density at radius 2 is 1.75 bits per heavy atom. The van der Waals surface area contributed by atoms with Crippen LogP contribution < -0.4 is 9.46 Å². The number of benzene rings is 2. The summed E-state index contributed by atoms with van der Waals surface area (Å²) < 4.78 is 41.6. The van der Waals surface area contributed by atoms with Crippen LogP contribution in [-0.2, 0) is 26.1 Å². The molecule has 2 saturated carbocycles. The van der Waals surface area contributed by atoms with Crippen LogP contribution in [0.15, 0.2) is 36.4 Å². The van der Waals surface area contributed by atoms with Crippen molar-refractivity contribution in [2.24, 2.45) is 5.41 Å². The van der Waals surface area contributed by atoms with E-state index < -0.39 is 26.6 Å². The van der Waals surface area contributed by atoms with E-state index in [1.165, 1.54) is 24.8 Å². The van der Waals surface area contributed by atoms with Crippen molar-refractivity contribution in [2.45, 2.75) is 88.1 Å². The molecular weight excluding hydrogens is 628 g/mol. The molecule has 2 bridgehead atoms. The standard InChI is InChI=1S/C37H46N4O6S/c1-22(2)48(44,45)38-35(42)24-10-12-29-32(14-24)40-21-37(36(43)41-25-17-39(3)18-26(41)20-47-19-25)16-31(37)30-15-27(46-4)11-13-28(30)34(40)33(29)23-8-6-5-7-9-23/h10-15,22-23,25-26,31H,5-9,16-21H2,1-4H3,(H,38,42)/t25-,26?,31?,37?/m0/s1. The maximum Gasteiger partial charge on any atom is 0.264 e. The summed E-state index contributed by atoms with van der Waals surface area (Å²) in [4.78, 5) is 33.0. The third-order valence-corrected chi connectivity index (χ3v) is 13.5. The fourth-order valence-electron chi connectivity index (χ4n) is 9.19. The zero-order chi connectivity index (χ0) is 33.5. The van der Waals surface area contributed by atoms with E-state index in [-0.39, 0.29) is 23.9 Å². The quantitative estimate of drug-likeness (QED) is 0.398. The molecule has 3 aliphatic heterocycles. The molecule has 4 atom stereocenters. The van der Waals surface area contributed by atoms with E-state index >= 15 is 4.79 Å². The van der Waals surface area contributed by atoms with Crippen LogP contribution in [0.25, 0.3) is 22.2 Å². The first-order valence-corrected chi connectivity index (χ1v) is 19.1. The first kappa shape index (κ1) is 31.8. The summed E-state index contributed by atoms with van der Waals surface area (Å²) in [7, 11) is -0.00776. The zero-order valence-corrected chi connectivity index (χ0v) is 29.1. The van der Waals surface area contributed by atoms with Gasteiger partial charge in [-0.15, -0.1) is 0 Å². The van der Waals surface area contributed by atoms with Gasteiger partial charge in [0, 0.05) is 47.6 Å². The highest BCUT2D eigenvalue weighted by atomic mass is 32.2. The minimum Gasteiger partial charge on any atom is -0.497 e. The fraction of sp³-hybridized carbons (Fsp3) is 0.568. The Morgan fingerprint density at radius 3 is 2.44 bits per heavy atom. The number of carbonyl (C=O) groups excluding carboxylic acids is 2. The molecule has 8 rings (SSSR count). The number of hydrogen-bond acceptors (Lipinski definition) is 7. The van der Waals surface area contributed by atoms with E-state index in [1.54, 1.807) is 27.0 Å². The molecule has 5 aliphatic rings. The molecule has 1 N–H and O–H groups in total. The number of nitrogens with zero attached hydrogens (tertiary/aromatic N) is 3. The van der Waals surface area contributed by atoms with Gasteiger partial charge in [-0.05, 0) is 87.5 Å². The average Bonchev–Trinajstić information content (AvgIpc) is 3.73. The molecule has 3 unspecified atom stereocenters. The maximum absolute atomic E-state index is 15.1. The smallest absolute Gasteiger partial charge is 0.264 e. The van der Waals surface area contributed by atoms with Gasteiger partial charge in [-0.25, -0.2) is 13.1 Å². The number of morpholine rings is 1. The van der Waals surface area contributed by atoms with Crippen molar-refractivity contribution in [2.75, 3.05) is 40.5 Å². The van der Waals surface area contributed by atoms with Gasteiger partial charge >= 0.3 is 0 Å². The molecule has 10 nitrogen and oxygen atoms in total. The summed E-state index contributed by atoms with van der Waals surface area (Å²) >= 11 is 0. The van der Waals surface area contributed by atoms with Crippen molar-refractivity contribution >= 4 is 32.7 Å². The van der Waals surface area contributed by atoms with Crippen LogP contribution in [-0.4, -0.2) is 92.4 Å².